The lowest BCUT2D eigenvalue weighted by molar-refractivity contribution is -0.384. The van der Waals surface area contributed by atoms with E-state index in [0.29, 0.717) is 36.1 Å². The Morgan fingerprint density at radius 2 is 1.74 bits per heavy atom. The summed E-state index contributed by atoms with van der Waals surface area (Å²) in [5, 5.41) is 21.8. The Hall–Kier alpha value is -3.28. The molecule has 34 heavy (non-hydrogen) atoms. The molecule has 1 heterocycles. The van der Waals surface area contributed by atoms with E-state index in [1.165, 1.54) is 29.2 Å². The maximum absolute atomic E-state index is 13.1. The fourth-order valence-corrected chi connectivity index (χ4v) is 3.82. The van der Waals surface area contributed by atoms with Crippen LogP contribution in [-0.4, -0.2) is 45.0 Å². The lowest BCUT2D eigenvalue weighted by atomic mass is 9.90. The molecule has 0 unspecified atom stereocenters. The largest absolute Gasteiger partial charge is 0.444 e. The van der Waals surface area contributed by atoms with Gasteiger partial charge in [0.2, 0.25) is 0 Å². The molecule has 0 spiro atoms. The molecule has 2 aromatic rings. The minimum Gasteiger partial charge on any atom is -0.444 e. The summed E-state index contributed by atoms with van der Waals surface area (Å²) in [5.74, 6) is 0.490. The number of nitrogens with zero attached hydrogens (tertiary/aromatic N) is 4. The number of hydrogen-bond acceptors (Lipinski definition) is 8. The molecule has 12 heteroatoms. The Balaban J connectivity index is 1.70. The second-order valence-corrected chi connectivity index (χ2v) is 9.67. The van der Waals surface area contributed by atoms with Crippen LogP contribution in [-0.2, 0) is 4.74 Å². The predicted molar refractivity (Wildman–Crippen MR) is 127 cm³/mol. The fraction of sp³-hybridized carbons (Fsp3) is 0.455. The molecule has 182 valence electrons. The molecule has 0 bridgehead atoms. The number of aromatic nitrogens is 2. The van der Waals surface area contributed by atoms with Crippen LogP contribution in [0.15, 0.2) is 41.0 Å². The molecule has 1 fully saturated rings. The van der Waals surface area contributed by atoms with Crippen LogP contribution in [0.3, 0.4) is 0 Å². The number of nitrogens with one attached hydrogen (secondary N) is 1. The van der Waals surface area contributed by atoms with Gasteiger partial charge >= 0.3 is 12.2 Å². The van der Waals surface area contributed by atoms with Crippen molar-refractivity contribution in [2.45, 2.75) is 64.1 Å². The summed E-state index contributed by atoms with van der Waals surface area (Å²) < 4.78 is 11.3. The van der Waals surface area contributed by atoms with Gasteiger partial charge in [0, 0.05) is 24.2 Å². The second kappa shape index (κ2) is 10.8. The Morgan fingerprint density at radius 3 is 2.26 bits per heavy atom. The smallest absolute Gasteiger partial charge is 0.421 e. The van der Waals surface area contributed by atoms with E-state index in [1.54, 1.807) is 32.9 Å². The summed E-state index contributed by atoms with van der Waals surface area (Å²) in [7, 11) is 0. The summed E-state index contributed by atoms with van der Waals surface area (Å²) >= 11 is 3.24. The van der Waals surface area contributed by atoms with Gasteiger partial charge in [0.15, 0.2) is 5.82 Å². The van der Waals surface area contributed by atoms with Gasteiger partial charge in [-0.05, 0) is 86.6 Å². The first kappa shape index (κ1) is 25.3. The van der Waals surface area contributed by atoms with Crippen molar-refractivity contribution in [2.75, 3.05) is 4.90 Å². The first-order valence-corrected chi connectivity index (χ1v) is 11.6. The zero-order valence-corrected chi connectivity index (χ0v) is 20.6. The monoisotopic (exact) mass is 535 g/mol. The van der Waals surface area contributed by atoms with Crippen molar-refractivity contribution in [3.8, 4) is 5.75 Å². The zero-order valence-electron chi connectivity index (χ0n) is 19.1. The summed E-state index contributed by atoms with van der Waals surface area (Å²) in [6.45, 7) is 5.41. The fourth-order valence-electron chi connectivity index (χ4n) is 3.61. The number of anilines is 1. The van der Waals surface area contributed by atoms with Crippen molar-refractivity contribution in [1.82, 2.24) is 15.5 Å². The van der Waals surface area contributed by atoms with E-state index in [-0.39, 0.29) is 23.5 Å². The SMILES string of the molecule is CC(C)(C)OC(=O)N[C@H]1CC[C@H](N(C(=O)Oc2ccc([N+](=O)[O-])cc2)c2ccc(Br)nn2)CC1. The van der Waals surface area contributed by atoms with E-state index in [0.717, 1.165) is 0 Å². The first-order chi connectivity index (χ1) is 16.0. The highest BCUT2D eigenvalue weighted by molar-refractivity contribution is 9.10. The molecule has 3 rings (SSSR count). The van der Waals surface area contributed by atoms with Crippen molar-refractivity contribution < 1.29 is 24.0 Å². The zero-order chi connectivity index (χ0) is 24.9. The normalized spacial score (nSPS) is 18.0. The van der Waals surface area contributed by atoms with Crippen LogP contribution in [0.1, 0.15) is 46.5 Å². The summed E-state index contributed by atoms with van der Waals surface area (Å²) in [5.41, 5.74) is -0.689. The summed E-state index contributed by atoms with van der Waals surface area (Å²) in [4.78, 5) is 37.0. The van der Waals surface area contributed by atoms with E-state index in [2.05, 4.69) is 31.4 Å². The first-order valence-electron chi connectivity index (χ1n) is 10.8. The number of amides is 2. The van der Waals surface area contributed by atoms with Crippen LogP contribution in [0, 0.1) is 10.1 Å². The standard InChI is InChI=1S/C22H26BrN5O6/c1-22(2,3)34-20(29)24-14-4-6-15(7-5-14)27(19-13-12-18(23)25-26-19)21(30)33-17-10-8-16(9-11-17)28(31)32/h8-15H,4-7H2,1-3H3,(H,24,29)/t14-,15-. The van der Waals surface area contributed by atoms with Crippen LogP contribution >= 0.6 is 15.9 Å². The Kier molecular flexibility index (Phi) is 8.02. The van der Waals surface area contributed by atoms with E-state index < -0.39 is 22.7 Å². The lowest BCUT2D eigenvalue weighted by Gasteiger charge is -2.35. The van der Waals surface area contributed by atoms with Crippen LogP contribution < -0.4 is 15.0 Å². The molecule has 11 nitrogen and oxygen atoms in total. The van der Waals surface area contributed by atoms with Gasteiger partial charge in [0.05, 0.1) is 4.92 Å². The van der Waals surface area contributed by atoms with Crippen molar-refractivity contribution >= 4 is 39.6 Å². The van der Waals surface area contributed by atoms with Crippen molar-refractivity contribution in [1.29, 1.82) is 0 Å². The highest BCUT2D eigenvalue weighted by atomic mass is 79.9. The van der Waals surface area contributed by atoms with Crippen molar-refractivity contribution in [2.24, 2.45) is 0 Å². The van der Waals surface area contributed by atoms with Gasteiger partial charge in [-0.3, -0.25) is 15.0 Å². The molecule has 0 aliphatic heterocycles. The number of ether oxygens (including phenoxy) is 2. The van der Waals surface area contributed by atoms with Crippen LogP contribution in [0.2, 0.25) is 0 Å². The van der Waals surface area contributed by atoms with E-state index in [1.807, 2.05) is 0 Å². The maximum Gasteiger partial charge on any atom is 0.421 e. The third-order valence-corrected chi connectivity index (χ3v) is 5.52. The number of nitro groups is 1. The second-order valence-electron chi connectivity index (χ2n) is 8.85. The number of hydrogen-bond donors (Lipinski definition) is 1. The summed E-state index contributed by atoms with van der Waals surface area (Å²) in [6, 6.07) is 8.27. The number of benzene rings is 1. The molecule has 1 aliphatic carbocycles. The minimum absolute atomic E-state index is 0.0744. The number of halogens is 1. The van der Waals surface area contributed by atoms with E-state index in [4.69, 9.17) is 9.47 Å². The van der Waals surface area contributed by atoms with Crippen LogP contribution in [0.5, 0.6) is 5.75 Å². The summed E-state index contributed by atoms with van der Waals surface area (Å²) in [6.07, 6.45) is 1.31. The van der Waals surface area contributed by atoms with Gasteiger partial charge in [-0.2, -0.15) is 0 Å². The molecule has 1 aliphatic rings. The molecule has 0 radical (unpaired) electrons. The molecule has 2 amide bonds. The van der Waals surface area contributed by atoms with Crippen molar-refractivity contribution in [3.63, 3.8) is 0 Å². The van der Waals surface area contributed by atoms with Gasteiger partial charge in [-0.1, -0.05) is 0 Å². The quantitative estimate of drug-likeness (QED) is 0.417. The number of carbonyl (C=O) groups is 2. The van der Waals surface area contributed by atoms with Gasteiger partial charge < -0.3 is 14.8 Å². The highest BCUT2D eigenvalue weighted by Crippen LogP contribution is 2.29. The minimum atomic E-state index is -0.672. The topological polar surface area (TPSA) is 137 Å². The van der Waals surface area contributed by atoms with E-state index in [9.17, 15) is 19.7 Å². The number of alkyl carbamates (subject to hydrolysis) is 1. The molecule has 1 aromatic heterocycles. The molecule has 1 saturated carbocycles. The van der Waals surface area contributed by atoms with Gasteiger partial charge in [0.25, 0.3) is 5.69 Å². The Labute approximate surface area is 205 Å². The van der Waals surface area contributed by atoms with Crippen LogP contribution in [0.25, 0.3) is 0 Å². The number of carbonyl (C=O) groups excluding carboxylic acids is 2. The molecular formula is C22H26BrN5O6. The van der Waals surface area contributed by atoms with Crippen molar-refractivity contribution in [3.05, 3.63) is 51.1 Å². The average molecular weight is 536 g/mol. The van der Waals surface area contributed by atoms with Crippen LogP contribution in [0.4, 0.5) is 21.1 Å². The third-order valence-electron chi connectivity index (χ3n) is 5.10. The number of rotatable bonds is 5. The van der Waals surface area contributed by atoms with E-state index >= 15 is 0 Å². The molecule has 1 aromatic carbocycles. The lowest BCUT2D eigenvalue weighted by Crippen LogP contribution is -2.48. The predicted octanol–water partition coefficient (Wildman–Crippen LogP) is 4.99. The van der Waals surface area contributed by atoms with Gasteiger partial charge in [-0.25, -0.2) is 9.59 Å². The van der Waals surface area contributed by atoms with Gasteiger partial charge in [0.1, 0.15) is 16.0 Å². The molecular weight excluding hydrogens is 510 g/mol. The number of nitro benzene ring substituents is 1. The highest BCUT2D eigenvalue weighted by Gasteiger charge is 2.33. The molecule has 0 saturated heterocycles. The Morgan fingerprint density at radius 1 is 1.09 bits per heavy atom. The number of non-ortho nitro benzene ring substituents is 1. The molecule has 0 atom stereocenters. The third kappa shape index (κ3) is 7.11. The Bertz CT molecular complexity index is 1020. The molecule has 1 N–H and O–H groups in total. The average Bonchev–Trinajstić information content (AvgIpc) is 2.75. The van der Waals surface area contributed by atoms with Gasteiger partial charge in [-0.15, -0.1) is 10.2 Å². The maximum atomic E-state index is 13.1.